The van der Waals surface area contributed by atoms with E-state index in [1.54, 1.807) is 0 Å². The number of aromatic nitrogens is 1. The highest BCUT2D eigenvalue weighted by atomic mass is 16.5. The number of hydrogen-bond donors (Lipinski definition) is 1. The van der Waals surface area contributed by atoms with Crippen molar-refractivity contribution in [2.75, 3.05) is 19.0 Å². The van der Waals surface area contributed by atoms with Crippen LogP contribution in [-0.2, 0) is 0 Å². The molecule has 1 N–H and O–H groups in total. The Hall–Kier alpha value is -2.03. The second kappa shape index (κ2) is 5.34. The third-order valence-electron chi connectivity index (χ3n) is 2.47. The summed E-state index contributed by atoms with van der Waals surface area (Å²) in [5.41, 5.74) is 2.05. The van der Waals surface area contributed by atoms with Crippen LogP contribution >= 0.6 is 0 Å². The lowest BCUT2D eigenvalue weighted by atomic mass is 10.1. The molecule has 1 aromatic carbocycles. The van der Waals surface area contributed by atoms with Crippen molar-refractivity contribution in [2.24, 2.45) is 0 Å². The predicted octanol–water partition coefficient (Wildman–Crippen LogP) is 3.19. The smallest absolute Gasteiger partial charge is 0.126 e. The molecule has 0 unspecified atom stereocenters. The van der Waals surface area contributed by atoms with Gasteiger partial charge in [-0.3, -0.25) is 0 Å². The van der Waals surface area contributed by atoms with Crippen molar-refractivity contribution in [3.63, 3.8) is 0 Å². The van der Waals surface area contributed by atoms with E-state index < -0.39 is 0 Å². The van der Waals surface area contributed by atoms with Crippen molar-refractivity contribution in [1.82, 2.24) is 4.98 Å². The van der Waals surface area contributed by atoms with Gasteiger partial charge in [0.2, 0.25) is 0 Å². The fourth-order valence-electron chi connectivity index (χ4n) is 1.62. The van der Waals surface area contributed by atoms with E-state index >= 15 is 0 Å². The average Bonchev–Trinajstić information content (AvgIpc) is 2.40. The van der Waals surface area contributed by atoms with Crippen molar-refractivity contribution in [2.45, 2.75) is 6.92 Å². The van der Waals surface area contributed by atoms with E-state index in [9.17, 15) is 0 Å². The van der Waals surface area contributed by atoms with Crippen LogP contribution in [0.4, 0.5) is 5.82 Å². The van der Waals surface area contributed by atoms with E-state index in [1.807, 2.05) is 56.4 Å². The van der Waals surface area contributed by atoms with Crippen LogP contribution in [0.5, 0.6) is 5.75 Å². The maximum atomic E-state index is 5.41. The van der Waals surface area contributed by atoms with E-state index in [0.717, 1.165) is 22.8 Å². The van der Waals surface area contributed by atoms with E-state index in [-0.39, 0.29) is 0 Å². The molecule has 0 bridgehead atoms. The maximum absolute atomic E-state index is 5.41. The predicted molar refractivity (Wildman–Crippen MR) is 70.4 cm³/mol. The molecule has 0 radical (unpaired) electrons. The Labute approximate surface area is 101 Å². The molecule has 0 saturated carbocycles. The molecule has 3 nitrogen and oxygen atoms in total. The molecular weight excluding hydrogens is 212 g/mol. The van der Waals surface area contributed by atoms with Crippen LogP contribution in [-0.4, -0.2) is 18.6 Å². The van der Waals surface area contributed by atoms with E-state index in [0.29, 0.717) is 6.61 Å². The molecule has 2 rings (SSSR count). The highest BCUT2D eigenvalue weighted by molar-refractivity contribution is 5.62. The van der Waals surface area contributed by atoms with Gasteiger partial charge in [-0.15, -0.1) is 0 Å². The molecule has 0 fully saturated rings. The Morgan fingerprint density at radius 2 is 1.88 bits per heavy atom. The minimum atomic E-state index is 0.687. The van der Waals surface area contributed by atoms with Crippen LogP contribution in [0, 0.1) is 0 Å². The largest absolute Gasteiger partial charge is 0.494 e. The summed E-state index contributed by atoms with van der Waals surface area (Å²) in [7, 11) is 1.87. The monoisotopic (exact) mass is 228 g/mol. The van der Waals surface area contributed by atoms with Crippen molar-refractivity contribution < 1.29 is 4.74 Å². The summed E-state index contributed by atoms with van der Waals surface area (Å²) >= 11 is 0. The van der Waals surface area contributed by atoms with E-state index in [2.05, 4.69) is 10.3 Å². The van der Waals surface area contributed by atoms with Crippen LogP contribution in [0.25, 0.3) is 11.3 Å². The minimum absolute atomic E-state index is 0.687. The Balaban J connectivity index is 2.26. The summed E-state index contributed by atoms with van der Waals surface area (Å²) in [4.78, 5) is 4.49. The second-order valence-electron chi connectivity index (χ2n) is 3.62. The fourth-order valence-corrected chi connectivity index (χ4v) is 1.62. The number of rotatable bonds is 4. The number of pyridine rings is 1. The molecule has 2 aromatic rings. The Morgan fingerprint density at radius 1 is 1.12 bits per heavy atom. The second-order valence-corrected chi connectivity index (χ2v) is 3.62. The van der Waals surface area contributed by atoms with Crippen LogP contribution in [0.15, 0.2) is 42.5 Å². The van der Waals surface area contributed by atoms with Crippen LogP contribution in [0.3, 0.4) is 0 Å². The molecule has 0 spiro atoms. The zero-order valence-electron chi connectivity index (χ0n) is 10.1. The maximum Gasteiger partial charge on any atom is 0.126 e. The summed E-state index contributed by atoms with van der Waals surface area (Å²) in [6, 6.07) is 13.9. The van der Waals surface area contributed by atoms with Gasteiger partial charge in [-0.25, -0.2) is 4.98 Å². The number of ether oxygens (including phenoxy) is 1. The van der Waals surface area contributed by atoms with Crippen molar-refractivity contribution in [1.29, 1.82) is 0 Å². The van der Waals surface area contributed by atoms with Gasteiger partial charge in [0.1, 0.15) is 11.6 Å². The van der Waals surface area contributed by atoms with Gasteiger partial charge in [0.05, 0.1) is 12.3 Å². The molecule has 1 aromatic heterocycles. The number of anilines is 1. The highest BCUT2D eigenvalue weighted by Gasteiger charge is 2.00. The quantitative estimate of drug-likeness (QED) is 0.872. The SMILES string of the molecule is CCOc1ccc(-c2cccc(NC)n2)cc1. The minimum Gasteiger partial charge on any atom is -0.494 e. The number of nitrogens with one attached hydrogen (secondary N) is 1. The van der Waals surface area contributed by atoms with E-state index in [4.69, 9.17) is 4.74 Å². The molecule has 0 amide bonds. The first-order chi connectivity index (χ1) is 8.33. The Bertz CT molecular complexity index is 480. The summed E-state index contributed by atoms with van der Waals surface area (Å²) < 4.78 is 5.41. The topological polar surface area (TPSA) is 34.1 Å². The van der Waals surface area contributed by atoms with Gasteiger partial charge < -0.3 is 10.1 Å². The molecule has 0 aliphatic carbocycles. The molecule has 88 valence electrons. The molecule has 1 heterocycles. The van der Waals surface area contributed by atoms with Crippen molar-refractivity contribution in [3.05, 3.63) is 42.5 Å². The van der Waals surface area contributed by atoms with Gasteiger partial charge in [0.25, 0.3) is 0 Å². The number of nitrogens with zero attached hydrogens (tertiary/aromatic N) is 1. The van der Waals surface area contributed by atoms with Crippen LogP contribution in [0.1, 0.15) is 6.92 Å². The number of hydrogen-bond acceptors (Lipinski definition) is 3. The normalized spacial score (nSPS) is 10.0. The standard InChI is InChI=1S/C14H16N2O/c1-3-17-12-9-7-11(8-10-12)13-5-4-6-14(15-2)16-13/h4-10H,3H2,1-2H3,(H,15,16). The van der Waals surface area contributed by atoms with Gasteiger partial charge in [0.15, 0.2) is 0 Å². The first-order valence-electron chi connectivity index (χ1n) is 5.71. The fraction of sp³-hybridized carbons (Fsp3) is 0.214. The molecule has 0 saturated heterocycles. The summed E-state index contributed by atoms with van der Waals surface area (Å²) in [6.07, 6.45) is 0. The molecular formula is C14H16N2O. The third-order valence-corrected chi connectivity index (χ3v) is 2.47. The van der Waals surface area contributed by atoms with Gasteiger partial charge in [-0.1, -0.05) is 6.07 Å². The van der Waals surface area contributed by atoms with Crippen molar-refractivity contribution in [3.8, 4) is 17.0 Å². The van der Waals surface area contributed by atoms with Gasteiger partial charge in [-0.05, 0) is 43.3 Å². The Morgan fingerprint density at radius 3 is 2.53 bits per heavy atom. The first kappa shape index (κ1) is 11.5. The zero-order valence-corrected chi connectivity index (χ0v) is 10.1. The molecule has 0 aliphatic heterocycles. The molecule has 0 aliphatic rings. The van der Waals surface area contributed by atoms with Gasteiger partial charge in [-0.2, -0.15) is 0 Å². The molecule has 3 heteroatoms. The summed E-state index contributed by atoms with van der Waals surface area (Å²) in [6.45, 7) is 2.67. The number of benzene rings is 1. The highest BCUT2D eigenvalue weighted by Crippen LogP contribution is 2.21. The third kappa shape index (κ3) is 2.75. The first-order valence-corrected chi connectivity index (χ1v) is 5.71. The van der Waals surface area contributed by atoms with Crippen LogP contribution < -0.4 is 10.1 Å². The van der Waals surface area contributed by atoms with Gasteiger partial charge >= 0.3 is 0 Å². The lowest BCUT2D eigenvalue weighted by Gasteiger charge is -2.06. The lowest BCUT2D eigenvalue weighted by molar-refractivity contribution is 0.340. The van der Waals surface area contributed by atoms with Crippen molar-refractivity contribution >= 4 is 5.82 Å². The molecule has 0 atom stereocenters. The van der Waals surface area contributed by atoms with Crippen LogP contribution in [0.2, 0.25) is 0 Å². The Kier molecular flexibility index (Phi) is 3.60. The average molecular weight is 228 g/mol. The zero-order chi connectivity index (χ0) is 12.1. The molecule has 17 heavy (non-hydrogen) atoms. The van der Waals surface area contributed by atoms with Gasteiger partial charge in [0, 0.05) is 12.6 Å². The summed E-state index contributed by atoms with van der Waals surface area (Å²) in [5.74, 6) is 1.76. The lowest BCUT2D eigenvalue weighted by Crippen LogP contribution is -1.93. The summed E-state index contributed by atoms with van der Waals surface area (Å²) in [5, 5.41) is 3.03. The van der Waals surface area contributed by atoms with E-state index in [1.165, 1.54) is 0 Å².